The molecule has 0 bridgehead atoms. The molecule has 1 fully saturated rings. The lowest BCUT2D eigenvalue weighted by Gasteiger charge is -2.22. The highest BCUT2D eigenvalue weighted by Gasteiger charge is 2.15. The number of hydrogen-bond acceptors (Lipinski definition) is 3. The Morgan fingerprint density at radius 2 is 1.90 bits per heavy atom. The maximum atomic E-state index is 10.5. The van der Waals surface area contributed by atoms with Crippen molar-refractivity contribution in [2.45, 2.75) is 51.0 Å². The van der Waals surface area contributed by atoms with E-state index in [0.717, 1.165) is 22.8 Å². The zero-order valence-corrected chi connectivity index (χ0v) is 18.0. The molecule has 0 amide bonds. The lowest BCUT2D eigenvalue weighted by molar-refractivity contribution is -0.136. The van der Waals surface area contributed by atoms with Crippen molar-refractivity contribution in [3.8, 4) is 5.75 Å². The third-order valence-corrected chi connectivity index (χ3v) is 5.84. The van der Waals surface area contributed by atoms with Crippen molar-refractivity contribution in [3.05, 3.63) is 70.3 Å². The number of benzene rings is 2. The maximum absolute atomic E-state index is 10.5. The van der Waals surface area contributed by atoms with Crippen LogP contribution in [0, 0.1) is 0 Å². The van der Waals surface area contributed by atoms with Crippen LogP contribution in [-0.2, 0) is 11.4 Å². The second-order valence-corrected chi connectivity index (χ2v) is 8.21. The van der Waals surface area contributed by atoms with Crippen LogP contribution in [0.15, 0.2) is 48.5 Å². The molecule has 1 saturated carbocycles. The number of carboxylic acid groups (broad SMARTS) is 1. The van der Waals surface area contributed by atoms with E-state index in [0.29, 0.717) is 24.7 Å². The largest absolute Gasteiger partial charge is 0.489 e. The lowest BCUT2D eigenvalue weighted by atomic mass is 9.84. The van der Waals surface area contributed by atoms with Crippen LogP contribution in [0.1, 0.15) is 61.1 Å². The Bertz CT molecular complexity index is 842. The Hall–Kier alpha value is -2.30. The normalized spacial score (nSPS) is 14.8. The van der Waals surface area contributed by atoms with Gasteiger partial charge in [0.1, 0.15) is 12.4 Å². The van der Waals surface area contributed by atoms with Gasteiger partial charge in [0.2, 0.25) is 0 Å². The zero-order chi connectivity index (χ0) is 21.2. The van der Waals surface area contributed by atoms with Gasteiger partial charge in [0.15, 0.2) is 0 Å². The van der Waals surface area contributed by atoms with Gasteiger partial charge in [-0.25, -0.2) is 0 Å². The Morgan fingerprint density at radius 3 is 2.60 bits per heavy atom. The molecule has 0 heterocycles. The van der Waals surface area contributed by atoms with E-state index >= 15 is 0 Å². The van der Waals surface area contributed by atoms with Crippen LogP contribution in [-0.4, -0.2) is 24.2 Å². The molecule has 30 heavy (non-hydrogen) atoms. The molecule has 0 radical (unpaired) electrons. The summed E-state index contributed by atoms with van der Waals surface area (Å²) in [7, 11) is 0. The average molecular weight is 428 g/mol. The summed E-state index contributed by atoms with van der Waals surface area (Å²) in [6.45, 7) is 1.56. The van der Waals surface area contributed by atoms with E-state index in [2.05, 4.69) is 29.6 Å². The van der Waals surface area contributed by atoms with Gasteiger partial charge in [0, 0.05) is 13.1 Å². The molecular weight excluding hydrogens is 398 g/mol. The molecule has 2 N–H and O–H groups in total. The molecule has 0 aromatic heterocycles. The summed E-state index contributed by atoms with van der Waals surface area (Å²) in [6, 6.07) is 14.5. The summed E-state index contributed by atoms with van der Waals surface area (Å²) >= 11 is 6.37. The summed E-state index contributed by atoms with van der Waals surface area (Å²) in [4.78, 5) is 10.5. The Kier molecular flexibility index (Phi) is 8.79. The fourth-order valence-electron chi connectivity index (χ4n) is 3.79. The fraction of sp³-hybridized carbons (Fsp3) is 0.400. The molecule has 0 aliphatic heterocycles. The van der Waals surface area contributed by atoms with E-state index in [9.17, 15) is 4.79 Å². The Morgan fingerprint density at radius 1 is 1.13 bits per heavy atom. The first-order valence-electron chi connectivity index (χ1n) is 10.7. The highest BCUT2D eigenvalue weighted by atomic mass is 35.5. The van der Waals surface area contributed by atoms with Crippen molar-refractivity contribution in [1.82, 2.24) is 5.32 Å². The molecule has 0 saturated heterocycles. The summed E-state index contributed by atoms with van der Waals surface area (Å²) in [5, 5.41) is 12.3. The van der Waals surface area contributed by atoms with E-state index in [-0.39, 0.29) is 6.42 Å². The number of nitrogens with one attached hydrogen (secondary N) is 1. The zero-order valence-electron chi connectivity index (χ0n) is 17.3. The van der Waals surface area contributed by atoms with E-state index in [4.69, 9.17) is 21.4 Å². The third-order valence-electron chi connectivity index (χ3n) is 5.51. The molecule has 3 rings (SSSR count). The molecule has 5 heteroatoms. The van der Waals surface area contributed by atoms with Gasteiger partial charge < -0.3 is 15.2 Å². The number of ether oxygens (including phenoxy) is 1. The average Bonchev–Trinajstić information content (AvgIpc) is 2.76. The van der Waals surface area contributed by atoms with E-state index in [1.807, 2.05) is 30.4 Å². The number of halogens is 1. The second kappa shape index (κ2) is 11.8. The molecule has 2 aromatic carbocycles. The minimum absolute atomic E-state index is 0.115. The van der Waals surface area contributed by atoms with Gasteiger partial charge in [-0.2, -0.15) is 0 Å². The van der Waals surface area contributed by atoms with Gasteiger partial charge in [0.05, 0.1) is 11.4 Å². The molecule has 1 aliphatic rings. The van der Waals surface area contributed by atoms with Crippen LogP contribution in [0.2, 0.25) is 5.02 Å². The van der Waals surface area contributed by atoms with Crippen LogP contribution >= 0.6 is 11.6 Å². The van der Waals surface area contributed by atoms with Crippen LogP contribution in [0.3, 0.4) is 0 Å². The molecule has 160 valence electrons. The fourth-order valence-corrected chi connectivity index (χ4v) is 4.02. The van der Waals surface area contributed by atoms with Crippen molar-refractivity contribution in [2.24, 2.45) is 0 Å². The van der Waals surface area contributed by atoms with Gasteiger partial charge in [-0.1, -0.05) is 67.3 Å². The van der Waals surface area contributed by atoms with Gasteiger partial charge in [0.25, 0.3) is 0 Å². The van der Waals surface area contributed by atoms with E-state index < -0.39 is 5.97 Å². The highest BCUT2D eigenvalue weighted by molar-refractivity contribution is 6.32. The summed E-state index contributed by atoms with van der Waals surface area (Å²) in [5.74, 6) is 0.666. The van der Waals surface area contributed by atoms with Crippen molar-refractivity contribution >= 4 is 23.6 Å². The number of hydrogen-bond donors (Lipinski definition) is 2. The van der Waals surface area contributed by atoms with E-state index in [1.54, 1.807) is 0 Å². The lowest BCUT2D eigenvalue weighted by Crippen LogP contribution is -2.17. The minimum atomic E-state index is -0.801. The summed E-state index contributed by atoms with van der Waals surface area (Å²) < 4.78 is 5.92. The summed E-state index contributed by atoms with van der Waals surface area (Å²) in [6.07, 6.45) is 10.7. The van der Waals surface area contributed by atoms with Crippen molar-refractivity contribution < 1.29 is 14.6 Å². The Balaban J connectivity index is 1.46. The minimum Gasteiger partial charge on any atom is -0.489 e. The molecule has 2 aromatic rings. The number of carbonyl (C=O) groups is 1. The van der Waals surface area contributed by atoms with Crippen LogP contribution < -0.4 is 10.1 Å². The SMILES string of the molecule is O=C(O)CCNC/C=C/c1ccc(OCc2ccc(C3CCCCC3)cc2)cc1Cl. The van der Waals surface area contributed by atoms with Crippen LogP contribution in [0.5, 0.6) is 5.75 Å². The predicted octanol–water partition coefficient (Wildman–Crippen LogP) is 6.04. The molecule has 0 atom stereocenters. The maximum Gasteiger partial charge on any atom is 0.304 e. The van der Waals surface area contributed by atoms with E-state index in [1.165, 1.54) is 37.7 Å². The molecule has 0 unspecified atom stereocenters. The van der Waals surface area contributed by atoms with Crippen molar-refractivity contribution in [2.75, 3.05) is 13.1 Å². The summed E-state index contributed by atoms with van der Waals surface area (Å²) in [5.41, 5.74) is 3.51. The van der Waals surface area contributed by atoms with Gasteiger partial charge in [-0.15, -0.1) is 0 Å². The molecule has 1 aliphatic carbocycles. The quantitative estimate of drug-likeness (QED) is 0.453. The van der Waals surface area contributed by atoms with Gasteiger partial charge in [-0.3, -0.25) is 4.79 Å². The first-order valence-corrected chi connectivity index (χ1v) is 11.1. The van der Waals surface area contributed by atoms with Crippen LogP contribution in [0.4, 0.5) is 0 Å². The monoisotopic (exact) mass is 427 g/mol. The smallest absolute Gasteiger partial charge is 0.304 e. The number of rotatable bonds is 10. The topological polar surface area (TPSA) is 58.6 Å². The predicted molar refractivity (Wildman–Crippen MR) is 122 cm³/mol. The third kappa shape index (κ3) is 7.19. The van der Waals surface area contributed by atoms with Gasteiger partial charge >= 0.3 is 5.97 Å². The Labute approximate surface area is 183 Å². The second-order valence-electron chi connectivity index (χ2n) is 7.80. The van der Waals surface area contributed by atoms with Crippen LogP contribution in [0.25, 0.3) is 6.08 Å². The standard InChI is InChI=1S/C25H30ClNO3/c26-24-17-23(13-12-22(24)7-4-15-27-16-14-25(28)29)30-18-19-8-10-21(11-9-19)20-5-2-1-3-6-20/h4,7-13,17,20,27H,1-3,5-6,14-16,18H2,(H,28,29)/b7-4+. The number of carboxylic acids is 1. The van der Waals surface area contributed by atoms with Crippen molar-refractivity contribution in [3.63, 3.8) is 0 Å². The molecular formula is C25H30ClNO3. The highest BCUT2D eigenvalue weighted by Crippen LogP contribution is 2.32. The first-order chi connectivity index (χ1) is 14.6. The molecule has 0 spiro atoms. The van der Waals surface area contributed by atoms with Crippen molar-refractivity contribution in [1.29, 1.82) is 0 Å². The first kappa shape index (κ1) is 22.4. The molecule has 4 nitrogen and oxygen atoms in total. The van der Waals surface area contributed by atoms with Gasteiger partial charge in [-0.05, 0) is 53.6 Å². The number of aliphatic carboxylic acids is 1.